The van der Waals surface area contributed by atoms with E-state index in [4.69, 9.17) is 4.74 Å². The van der Waals surface area contributed by atoms with E-state index in [0.717, 1.165) is 24.1 Å². The molecule has 1 aliphatic carbocycles. The number of thiazole rings is 1. The Bertz CT molecular complexity index is 645. The quantitative estimate of drug-likeness (QED) is 0.942. The number of aryl methyl sites for hydroxylation is 3. The number of nitrogens with zero attached hydrogens (tertiary/aromatic N) is 1. The molecule has 1 aromatic carbocycles. The molecule has 4 nitrogen and oxygen atoms in total. The standard InChI is InChI=1S/C16H18N2O2S/c1-10-5-3-6-12(9-10)20-11(2)15(19)18-16-17-13-7-4-8-14(13)21-16/h3,5-6,9,11H,4,7-8H2,1-2H3,(H,17,18,19)/t11-/m0/s1. The highest BCUT2D eigenvalue weighted by Gasteiger charge is 2.20. The molecule has 1 heterocycles. The van der Waals surface area contributed by atoms with Crippen molar-refractivity contribution in [1.82, 2.24) is 4.98 Å². The van der Waals surface area contributed by atoms with Crippen molar-refractivity contribution in [1.29, 1.82) is 0 Å². The SMILES string of the molecule is Cc1cccc(O[C@@H](C)C(=O)Nc2nc3c(s2)CCC3)c1. The molecule has 1 aromatic heterocycles. The molecule has 0 radical (unpaired) electrons. The molecule has 2 aromatic rings. The largest absolute Gasteiger partial charge is 0.481 e. The van der Waals surface area contributed by atoms with E-state index in [0.29, 0.717) is 10.9 Å². The number of rotatable bonds is 4. The first-order valence-electron chi connectivity index (χ1n) is 7.14. The van der Waals surface area contributed by atoms with E-state index in [1.54, 1.807) is 18.3 Å². The average Bonchev–Trinajstić information content (AvgIpc) is 2.99. The van der Waals surface area contributed by atoms with Crippen molar-refractivity contribution in [2.45, 2.75) is 39.2 Å². The molecule has 0 saturated heterocycles. The lowest BCUT2D eigenvalue weighted by molar-refractivity contribution is -0.122. The predicted octanol–water partition coefficient (Wildman–Crippen LogP) is 3.35. The van der Waals surface area contributed by atoms with Crippen LogP contribution in [0.2, 0.25) is 0 Å². The highest BCUT2D eigenvalue weighted by atomic mass is 32.1. The van der Waals surface area contributed by atoms with E-state index in [1.807, 2.05) is 31.2 Å². The third-order valence-electron chi connectivity index (χ3n) is 3.50. The fourth-order valence-corrected chi connectivity index (χ4v) is 3.45. The smallest absolute Gasteiger partial charge is 0.266 e. The number of aromatic nitrogens is 1. The van der Waals surface area contributed by atoms with Crippen LogP contribution in [0.15, 0.2) is 24.3 Å². The lowest BCUT2D eigenvalue weighted by atomic mass is 10.2. The molecule has 0 aliphatic heterocycles. The molecule has 0 spiro atoms. The van der Waals surface area contributed by atoms with Crippen LogP contribution in [0.25, 0.3) is 0 Å². The zero-order chi connectivity index (χ0) is 14.8. The van der Waals surface area contributed by atoms with Gasteiger partial charge in [0.2, 0.25) is 0 Å². The predicted molar refractivity (Wildman–Crippen MR) is 84.0 cm³/mol. The first-order valence-corrected chi connectivity index (χ1v) is 7.96. The minimum absolute atomic E-state index is 0.163. The Kier molecular flexibility index (Phi) is 3.92. The first kappa shape index (κ1) is 14.1. The minimum Gasteiger partial charge on any atom is -0.481 e. The summed E-state index contributed by atoms with van der Waals surface area (Å²) in [5.74, 6) is 0.545. The molecule has 5 heteroatoms. The molecule has 110 valence electrons. The summed E-state index contributed by atoms with van der Waals surface area (Å²) in [6.07, 6.45) is 2.73. The van der Waals surface area contributed by atoms with Gasteiger partial charge in [0, 0.05) is 4.88 Å². The molecule has 1 aliphatic rings. The number of amides is 1. The van der Waals surface area contributed by atoms with Gasteiger partial charge in [-0.3, -0.25) is 10.1 Å². The molecule has 1 atom stereocenters. The molecule has 0 bridgehead atoms. The van der Waals surface area contributed by atoms with Crippen molar-refractivity contribution in [3.05, 3.63) is 40.4 Å². The summed E-state index contributed by atoms with van der Waals surface area (Å²) in [5, 5.41) is 3.53. The van der Waals surface area contributed by atoms with Crippen LogP contribution >= 0.6 is 11.3 Å². The number of carbonyl (C=O) groups is 1. The number of carbonyl (C=O) groups excluding carboxylic acids is 1. The summed E-state index contributed by atoms with van der Waals surface area (Å²) in [6, 6.07) is 7.69. The number of hydrogen-bond donors (Lipinski definition) is 1. The fourth-order valence-electron chi connectivity index (χ4n) is 2.40. The molecule has 3 rings (SSSR count). The summed E-state index contributed by atoms with van der Waals surface area (Å²) in [5.41, 5.74) is 2.25. The first-order chi connectivity index (χ1) is 10.1. The second-order valence-electron chi connectivity index (χ2n) is 5.31. The van der Waals surface area contributed by atoms with Gasteiger partial charge in [0.25, 0.3) is 5.91 Å². The van der Waals surface area contributed by atoms with Crippen LogP contribution in [-0.4, -0.2) is 17.0 Å². The lowest BCUT2D eigenvalue weighted by Gasteiger charge is -2.14. The topological polar surface area (TPSA) is 51.2 Å². The maximum absolute atomic E-state index is 12.2. The van der Waals surface area contributed by atoms with Crippen molar-refractivity contribution in [2.24, 2.45) is 0 Å². The Morgan fingerprint density at radius 3 is 3.05 bits per heavy atom. The highest BCUT2D eigenvalue weighted by Crippen LogP contribution is 2.30. The van der Waals surface area contributed by atoms with Gasteiger partial charge in [-0.2, -0.15) is 0 Å². The number of nitrogens with one attached hydrogen (secondary N) is 1. The third kappa shape index (κ3) is 3.24. The van der Waals surface area contributed by atoms with E-state index in [-0.39, 0.29) is 5.91 Å². The van der Waals surface area contributed by atoms with E-state index in [2.05, 4.69) is 10.3 Å². The lowest BCUT2D eigenvalue weighted by Crippen LogP contribution is -2.30. The maximum atomic E-state index is 12.2. The molecule has 0 saturated carbocycles. The second kappa shape index (κ2) is 5.85. The van der Waals surface area contributed by atoms with Crippen molar-refractivity contribution < 1.29 is 9.53 Å². The number of hydrogen-bond acceptors (Lipinski definition) is 4. The summed E-state index contributed by atoms with van der Waals surface area (Å²) < 4.78 is 5.67. The van der Waals surface area contributed by atoms with Crippen LogP contribution in [0.5, 0.6) is 5.75 Å². The van der Waals surface area contributed by atoms with Gasteiger partial charge in [0.15, 0.2) is 11.2 Å². The molecule has 0 unspecified atom stereocenters. The number of benzene rings is 1. The third-order valence-corrected chi connectivity index (χ3v) is 4.57. The molecule has 1 amide bonds. The molecular weight excluding hydrogens is 284 g/mol. The summed E-state index contributed by atoms with van der Waals surface area (Å²) in [7, 11) is 0. The van der Waals surface area contributed by atoms with Gasteiger partial charge in [-0.05, 0) is 50.8 Å². The van der Waals surface area contributed by atoms with Crippen LogP contribution in [0.1, 0.15) is 29.5 Å². The van der Waals surface area contributed by atoms with Crippen LogP contribution in [0.3, 0.4) is 0 Å². The molecule has 21 heavy (non-hydrogen) atoms. The van der Waals surface area contributed by atoms with Crippen LogP contribution in [-0.2, 0) is 17.6 Å². The van der Waals surface area contributed by atoms with Crippen molar-refractivity contribution in [3.63, 3.8) is 0 Å². The minimum atomic E-state index is -0.550. The van der Waals surface area contributed by atoms with E-state index in [1.165, 1.54) is 11.3 Å². The Hall–Kier alpha value is -1.88. The van der Waals surface area contributed by atoms with E-state index < -0.39 is 6.10 Å². The van der Waals surface area contributed by atoms with Gasteiger partial charge in [-0.25, -0.2) is 4.98 Å². The van der Waals surface area contributed by atoms with Gasteiger partial charge < -0.3 is 4.74 Å². The average molecular weight is 302 g/mol. The molecule has 1 N–H and O–H groups in total. The summed E-state index contributed by atoms with van der Waals surface area (Å²) in [6.45, 7) is 3.74. The Labute approximate surface area is 128 Å². The van der Waals surface area contributed by atoms with Gasteiger partial charge in [-0.15, -0.1) is 11.3 Å². The second-order valence-corrected chi connectivity index (χ2v) is 6.39. The Morgan fingerprint density at radius 2 is 2.29 bits per heavy atom. The fraction of sp³-hybridized carbons (Fsp3) is 0.375. The van der Waals surface area contributed by atoms with Crippen molar-refractivity contribution in [3.8, 4) is 5.75 Å². The zero-order valence-electron chi connectivity index (χ0n) is 12.2. The number of ether oxygens (including phenoxy) is 1. The van der Waals surface area contributed by atoms with Crippen LogP contribution in [0, 0.1) is 6.92 Å². The van der Waals surface area contributed by atoms with Crippen LogP contribution < -0.4 is 10.1 Å². The van der Waals surface area contributed by atoms with Crippen LogP contribution in [0.4, 0.5) is 5.13 Å². The van der Waals surface area contributed by atoms with Crippen molar-refractivity contribution >= 4 is 22.4 Å². The van der Waals surface area contributed by atoms with Gasteiger partial charge >= 0.3 is 0 Å². The molecular formula is C16H18N2O2S. The van der Waals surface area contributed by atoms with Gasteiger partial charge in [0.05, 0.1) is 5.69 Å². The van der Waals surface area contributed by atoms with Crippen molar-refractivity contribution in [2.75, 3.05) is 5.32 Å². The van der Waals surface area contributed by atoms with Gasteiger partial charge in [-0.1, -0.05) is 12.1 Å². The normalized spacial score (nSPS) is 14.6. The maximum Gasteiger partial charge on any atom is 0.266 e. The zero-order valence-corrected chi connectivity index (χ0v) is 13.0. The van der Waals surface area contributed by atoms with E-state index in [9.17, 15) is 4.79 Å². The summed E-state index contributed by atoms with van der Waals surface area (Å²) >= 11 is 1.58. The van der Waals surface area contributed by atoms with E-state index >= 15 is 0 Å². The number of fused-ring (bicyclic) bond motifs is 1. The summed E-state index contributed by atoms with van der Waals surface area (Å²) in [4.78, 5) is 17.9. The van der Waals surface area contributed by atoms with Gasteiger partial charge in [0.1, 0.15) is 5.75 Å². The highest BCUT2D eigenvalue weighted by molar-refractivity contribution is 7.15. The Balaban J connectivity index is 1.61. The molecule has 0 fully saturated rings. The number of anilines is 1. The monoisotopic (exact) mass is 302 g/mol. The Morgan fingerprint density at radius 1 is 1.43 bits per heavy atom.